The van der Waals surface area contributed by atoms with Crippen LogP contribution in [0.1, 0.15) is 26.2 Å². The Balaban J connectivity index is 2.32. The molecule has 4 heteroatoms. The summed E-state index contributed by atoms with van der Waals surface area (Å²) in [7, 11) is 2.10. The largest absolute Gasteiger partial charge is 0.337 e. The van der Waals surface area contributed by atoms with Crippen LogP contribution in [0.2, 0.25) is 0 Å². The molecule has 1 rings (SSSR count). The predicted octanol–water partition coefficient (Wildman–Crippen LogP) is 1.56. The van der Waals surface area contributed by atoms with Crippen molar-refractivity contribution in [2.24, 2.45) is 0 Å². The molecule has 1 unspecified atom stereocenters. The third-order valence-corrected chi connectivity index (χ3v) is 3.19. The summed E-state index contributed by atoms with van der Waals surface area (Å²) in [5.74, 6) is 0.951. The summed E-state index contributed by atoms with van der Waals surface area (Å²) >= 11 is 5.59. The van der Waals surface area contributed by atoms with Gasteiger partial charge in [0.05, 0.1) is 0 Å². The lowest BCUT2D eigenvalue weighted by Gasteiger charge is -2.38. The molecular formula is C11H21ClN2O. The molecule has 0 aromatic heterocycles. The van der Waals surface area contributed by atoms with E-state index in [0.29, 0.717) is 24.2 Å². The zero-order valence-corrected chi connectivity index (χ0v) is 10.5. The van der Waals surface area contributed by atoms with Crippen LogP contribution >= 0.6 is 11.6 Å². The first-order valence-electron chi connectivity index (χ1n) is 5.69. The summed E-state index contributed by atoms with van der Waals surface area (Å²) in [6, 6.07) is 0.354. The van der Waals surface area contributed by atoms with Crippen LogP contribution in [0.25, 0.3) is 0 Å². The van der Waals surface area contributed by atoms with Crippen molar-refractivity contribution in [3.63, 3.8) is 0 Å². The lowest BCUT2D eigenvalue weighted by atomic mass is 10.1. The fourth-order valence-electron chi connectivity index (χ4n) is 2.02. The van der Waals surface area contributed by atoms with Crippen LogP contribution in [0.15, 0.2) is 0 Å². The molecule has 0 radical (unpaired) electrons. The Morgan fingerprint density at radius 2 is 2.13 bits per heavy atom. The summed E-state index contributed by atoms with van der Waals surface area (Å²) in [4.78, 5) is 16.1. The average molecular weight is 233 g/mol. The zero-order valence-electron chi connectivity index (χ0n) is 9.71. The van der Waals surface area contributed by atoms with Crippen LogP contribution in [-0.2, 0) is 4.79 Å². The summed E-state index contributed by atoms with van der Waals surface area (Å²) in [6.07, 6.45) is 2.51. The SMILES string of the molecule is CC1CN(C)CCN1C(=O)CCCCCl. The van der Waals surface area contributed by atoms with Gasteiger partial charge < -0.3 is 9.80 Å². The number of halogens is 1. The Morgan fingerprint density at radius 3 is 2.73 bits per heavy atom. The Bertz CT molecular complexity index is 211. The number of alkyl halides is 1. The third-order valence-electron chi connectivity index (χ3n) is 2.93. The van der Waals surface area contributed by atoms with Crippen molar-refractivity contribution in [3.05, 3.63) is 0 Å². The van der Waals surface area contributed by atoms with E-state index < -0.39 is 0 Å². The number of hydrogen-bond acceptors (Lipinski definition) is 2. The van der Waals surface area contributed by atoms with E-state index in [-0.39, 0.29) is 0 Å². The van der Waals surface area contributed by atoms with Gasteiger partial charge in [-0.1, -0.05) is 0 Å². The molecule has 0 aromatic rings. The van der Waals surface area contributed by atoms with Crippen LogP contribution < -0.4 is 0 Å². The van der Waals surface area contributed by atoms with Crippen LogP contribution in [0.3, 0.4) is 0 Å². The van der Waals surface area contributed by atoms with Gasteiger partial charge in [0.15, 0.2) is 0 Å². The topological polar surface area (TPSA) is 23.6 Å². The summed E-state index contributed by atoms with van der Waals surface area (Å²) in [5, 5.41) is 0. The number of carbonyl (C=O) groups excluding carboxylic acids is 1. The third kappa shape index (κ3) is 3.99. The van der Waals surface area contributed by atoms with Crippen LogP contribution in [0.4, 0.5) is 0 Å². The van der Waals surface area contributed by atoms with E-state index >= 15 is 0 Å². The zero-order chi connectivity index (χ0) is 11.3. The van der Waals surface area contributed by atoms with Gasteiger partial charge in [-0.3, -0.25) is 4.79 Å². The molecule has 0 spiro atoms. The van der Waals surface area contributed by atoms with Gasteiger partial charge in [0, 0.05) is 38.0 Å². The van der Waals surface area contributed by atoms with Crippen LogP contribution in [0.5, 0.6) is 0 Å². The normalized spacial score (nSPS) is 23.1. The first-order valence-corrected chi connectivity index (χ1v) is 6.22. The molecule has 1 atom stereocenters. The lowest BCUT2D eigenvalue weighted by molar-refractivity contribution is -0.135. The molecule has 0 aliphatic carbocycles. The van der Waals surface area contributed by atoms with Gasteiger partial charge in [-0.05, 0) is 26.8 Å². The highest BCUT2D eigenvalue weighted by molar-refractivity contribution is 6.17. The molecule has 1 amide bonds. The van der Waals surface area contributed by atoms with Crippen molar-refractivity contribution in [2.45, 2.75) is 32.2 Å². The van der Waals surface area contributed by atoms with E-state index in [0.717, 1.165) is 32.5 Å². The molecule has 1 aliphatic rings. The van der Waals surface area contributed by atoms with Crippen molar-refractivity contribution >= 4 is 17.5 Å². The highest BCUT2D eigenvalue weighted by Gasteiger charge is 2.24. The maximum absolute atomic E-state index is 11.9. The van der Waals surface area contributed by atoms with Crippen molar-refractivity contribution in [3.8, 4) is 0 Å². The molecule has 0 saturated carbocycles. The molecule has 0 bridgehead atoms. The molecule has 1 aliphatic heterocycles. The minimum Gasteiger partial charge on any atom is -0.337 e. The number of hydrogen-bond donors (Lipinski definition) is 0. The van der Waals surface area contributed by atoms with E-state index in [1.54, 1.807) is 0 Å². The summed E-state index contributed by atoms with van der Waals surface area (Å²) < 4.78 is 0. The number of likely N-dealkylation sites (N-methyl/N-ethyl adjacent to an activating group) is 1. The van der Waals surface area contributed by atoms with Gasteiger partial charge in [-0.2, -0.15) is 0 Å². The minimum atomic E-state index is 0.292. The highest BCUT2D eigenvalue weighted by Crippen LogP contribution is 2.11. The molecule has 1 heterocycles. The van der Waals surface area contributed by atoms with E-state index in [1.807, 2.05) is 4.90 Å². The van der Waals surface area contributed by atoms with Gasteiger partial charge in [0.1, 0.15) is 0 Å². The molecule has 0 N–H and O–H groups in total. The van der Waals surface area contributed by atoms with Crippen molar-refractivity contribution < 1.29 is 4.79 Å². The predicted molar refractivity (Wildman–Crippen MR) is 63.2 cm³/mol. The lowest BCUT2D eigenvalue weighted by Crippen LogP contribution is -2.52. The Hall–Kier alpha value is -0.280. The standard InChI is InChI=1S/C11H21ClN2O/c1-10-9-13(2)7-8-14(10)11(15)5-3-4-6-12/h10H,3-9H2,1-2H3. The fraction of sp³-hybridized carbons (Fsp3) is 0.909. The van der Waals surface area contributed by atoms with Gasteiger partial charge in [0.2, 0.25) is 5.91 Å². The van der Waals surface area contributed by atoms with E-state index in [4.69, 9.17) is 11.6 Å². The smallest absolute Gasteiger partial charge is 0.222 e. The first kappa shape index (κ1) is 12.8. The molecule has 0 aromatic carbocycles. The van der Waals surface area contributed by atoms with E-state index in [1.165, 1.54) is 0 Å². The number of unbranched alkanes of at least 4 members (excludes halogenated alkanes) is 1. The second kappa shape index (κ2) is 6.33. The second-order valence-corrected chi connectivity index (χ2v) is 4.72. The summed E-state index contributed by atoms with van der Waals surface area (Å²) in [6.45, 7) is 4.97. The Labute approximate surface area is 97.4 Å². The number of rotatable bonds is 4. The number of piperazine rings is 1. The highest BCUT2D eigenvalue weighted by atomic mass is 35.5. The minimum absolute atomic E-state index is 0.292. The Morgan fingerprint density at radius 1 is 1.40 bits per heavy atom. The molecule has 15 heavy (non-hydrogen) atoms. The molecule has 1 fully saturated rings. The van der Waals surface area contributed by atoms with Gasteiger partial charge >= 0.3 is 0 Å². The molecular weight excluding hydrogens is 212 g/mol. The molecule has 1 saturated heterocycles. The number of amides is 1. The number of nitrogens with zero attached hydrogens (tertiary/aromatic N) is 2. The average Bonchev–Trinajstić information content (AvgIpc) is 2.17. The van der Waals surface area contributed by atoms with Crippen molar-refractivity contribution in [1.29, 1.82) is 0 Å². The quantitative estimate of drug-likeness (QED) is 0.543. The van der Waals surface area contributed by atoms with Gasteiger partial charge in [-0.25, -0.2) is 0 Å². The van der Waals surface area contributed by atoms with Gasteiger partial charge in [-0.15, -0.1) is 11.6 Å². The van der Waals surface area contributed by atoms with E-state index in [2.05, 4.69) is 18.9 Å². The van der Waals surface area contributed by atoms with Crippen molar-refractivity contribution in [2.75, 3.05) is 32.6 Å². The van der Waals surface area contributed by atoms with Gasteiger partial charge in [0.25, 0.3) is 0 Å². The Kier molecular flexibility index (Phi) is 5.40. The summed E-state index contributed by atoms with van der Waals surface area (Å²) in [5.41, 5.74) is 0. The monoisotopic (exact) mass is 232 g/mol. The maximum Gasteiger partial charge on any atom is 0.222 e. The maximum atomic E-state index is 11.9. The first-order chi connectivity index (χ1) is 7.15. The van der Waals surface area contributed by atoms with Crippen LogP contribution in [0, 0.1) is 0 Å². The fourth-order valence-corrected chi connectivity index (χ4v) is 2.21. The van der Waals surface area contributed by atoms with Crippen molar-refractivity contribution in [1.82, 2.24) is 9.80 Å². The second-order valence-electron chi connectivity index (χ2n) is 4.34. The molecule has 88 valence electrons. The molecule has 3 nitrogen and oxygen atoms in total. The number of carbonyl (C=O) groups is 1. The van der Waals surface area contributed by atoms with E-state index in [9.17, 15) is 4.79 Å². The van der Waals surface area contributed by atoms with Crippen LogP contribution in [-0.4, -0.2) is 54.3 Å².